The van der Waals surface area contributed by atoms with Crippen LogP contribution in [0.2, 0.25) is 0 Å². The van der Waals surface area contributed by atoms with Gasteiger partial charge in [0.15, 0.2) is 16.3 Å². The zero-order chi connectivity index (χ0) is 13.8. The Morgan fingerprint density at radius 3 is 2.63 bits per heavy atom. The standard InChI is InChI=1S/C13H16N2O3S/c1-17-11-4-3-9(5-12(11)18-2)7-15-10(8-16)6-14-13(15)19/h3-6,16H,7-8H2,1-2H3,(H,14,19). The minimum Gasteiger partial charge on any atom is -0.493 e. The van der Waals surface area contributed by atoms with Gasteiger partial charge in [0.1, 0.15) is 0 Å². The molecule has 0 amide bonds. The molecule has 0 unspecified atom stereocenters. The second-order valence-corrected chi connectivity index (χ2v) is 4.41. The molecule has 1 aromatic carbocycles. The SMILES string of the molecule is COc1ccc(Cn2c(CO)c[nH]c2=S)cc1OC. The van der Waals surface area contributed by atoms with Crippen LogP contribution in [0.5, 0.6) is 11.5 Å². The van der Waals surface area contributed by atoms with Crippen molar-refractivity contribution in [2.75, 3.05) is 14.2 Å². The van der Waals surface area contributed by atoms with Crippen molar-refractivity contribution in [2.45, 2.75) is 13.2 Å². The zero-order valence-electron chi connectivity index (χ0n) is 10.8. The number of aliphatic hydroxyl groups excluding tert-OH is 1. The van der Waals surface area contributed by atoms with Gasteiger partial charge < -0.3 is 24.1 Å². The molecule has 0 fully saturated rings. The predicted molar refractivity (Wildman–Crippen MR) is 74.2 cm³/mol. The Bertz CT molecular complexity index is 619. The van der Waals surface area contributed by atoms with E-state index in [0.717, 1.165) is 11.3 Å². The molecule has 0 saturated carbocycles. The Kier molecular flexibility index (Phi) is 4.24. The maximum Gasteiger partial charge on any atom is 0.177 e. The minimum atomic E-state index is -0.0551. The molecule has 5 nitrogen and oxygen atoms in total. The first kappa shape index (κ1) is 13.6. The van der Waals surface area contributed by atoms with E-state index in [9.17, 15) is 5.11 Å². The summed E-state index contributed by atoms with van der Waals surface area (Å²) in [5, 5.41) is 9.26. The quantitative estimate of drug-likeness (QED) is 0.824. The Morgan fingerprint density at radius 1 is 1.26 bits per heavy atom. The lowest BCUT2D eigenvalue weighted by Crippen LogP contribution is -2.05. The van der Waals surface area contributed by atoms with E-state index in [0.29, 0.717) is 22.8 Å². The minimum absolute atomic E-state index is 0.0551. The van der Waals surface area contributed by atoms with Gasteiger partial charge in [0, 0.05) is 6.20 Å². The first-order valence-electron chi connectivity index (χ1n) is 5.78. The third-order valence-corrected chi connectivity index (χ3v) is 3.24. The van der Waals surface area contributed by atoms with Crippen molar-refractivity contribution in [3.63, 3.8) is 0 Å². The smallest absolute Gasteiger partial charge is 0.177 e. The molecule has 1 heterocycles. The molecule has 0 bridgehead atoms. The predicted octanol–water partition coefficient (Wildman–Crippen LogP) is 2.10. The molecule has 0 aliphatic rings. The van der Waals surface area contributed by atoms with Crippen LogP contribution in [0, 0.1) is 4.77 Å². The van der Waals surface area contributed by atoms with Crippen molar-refractivity contribution in [3.8, 4) is 11.5 Å². The number of H-pyrrole nitrogens is 1. The molecular weight excluding hydrogens is 264 g/mol. The van der Waals surface area contributed by atoms with Crippen LogP contribution in [-0.2, 0) is 13.2 Å². The Balaban J connectivity index is 2.33. The number of benzene rings is 1. The van der Waals surface area contributed by atoms with Crippen molar-refractivity contribution in [1.29, 1.82) is 0 Å². The average Bonchev–Trinajstić information content (AvgIpc) is 2.79. The second kappa shape index (κ2) is 5.90. The summed E-state index contributed by atoms with van der Waals surface area (Å²) in [6, 6.07) is 5.69. The van der Waals surface area contributed by atoms with Crippen molar-refractivity contribution >= 4 is 12.2 Å². The van der Waals surface area contributed by atoms with E-state index in [4.69, 9.17) is 21.7 Å². The number of hydrogen-bond donors (Lipinski definition) is 2. The number of nitrogens with zero attached hydrogens (tertiary/aromatic N) is 1. The molecule has 1 aromatic heterocycles. The fourth-order valence-corrected chi connectivity index (χ4v) is 2.14. The molecule has 2 rings (SSSR count). The van der Waals surface area contributed by atoms with E-state index in [-0.39, 0.29) is 6.61 Å². The summed E-state index contributed by atoms with van der Waals surface area (Å²) in [6.45, 7) is 0.513. The van der Waals surface area contributed by atoms with Gasteiger partial charge in [-0.2, -0.15) is 0 Å². The molecule has 0 saturated heterocycles. The van der Waals surface area contributed by atoms with Gasteiger partial charge in [-0.25, -0.2) is 0 Å². The molecule has 0 spiro atoms. The van der Waals surface area contributed by atoms with Crippen LogP contribution in [0.1, 0.15) is 11.3 Å². The van der Waals surface area contributed by atoms with Crippen LogP contribution in [0.15, 0.2) is 24.4 Å². The monoisotopic (exact) mass is 280 g/mol. The summed E-state index contributed by atoms with van der Waals surface area (Å²) in [4.78, 5) is 2.92. The van der Waals surface area contributed by atoms with Gasteiger partial charge in [0.05, 0.1) is 33.1 Å². The third kappa shape index (κ3) is 2.80. The molecule has 2 aromatic rings. The molecule has 0 aliphatic carbocycles. The fourth-order valence-electron chi connectivity index (χ4n) is 1.90. The van der Waals surface area contributed by atoms with E-state index in [1.807, 2.05) is 22.8 Å². The highest BCUT2D eigenvalue weighted by molar-refractivity contribution is 7.71. The van der Waals surface area contributed by atoms with Crippen LogP contribution >= 0.6 is 12.2 Å². The molecule has 19 heavy (non-hydrogen) atoms. The first-order valence-corrected chi connectivity index (χ1v) is 6.19. The van der Waals surface area contributed by atoms with Crippen LogP contribution in [0.3, 0.4) is 0 Å². The van der Waals surface area contributed by atoms with Crippen molar-refractivity contribution in [3.05, 3.63) is 40.4 Å². The lowest BCUT2D eigenvalue weighted by molar-refractivity contribution is 0.271. The normalized spacial score (nSPS) is 10.5. The number of nitrogens with one attached hydrogen (secondary N) is 1. The van der Waals surface area contributed by atoms with Gasteiger partial charge >= 0.3 is 0 Å². The number of aliphatic hydroxyl groups is 1. The summed E-state index contributed by atoms with van der Waals surface area (Å²) in [6.07, 6.45) is 1.71. The van der Waals surface area contributed by atoms with Gasteiger partial charge in [0.2, 0.25) is 0 Å². The Morgan fingerprint density at radius 2 is 2.00 bits per heavy atom. The Labute approximate surface area is 116 Å². The molecule has 0 aliphatic heterocycles. The van der Waals surface area contributed by atoms with Crippen molar-refractivity contribution in [2.24, 2.45) is 0 Å². The highest BCUT2D eigenvalue weighted by Crippen LogP contribution is 2.28. The van der Waals surface area contributed by atoms with Gasteiger partial charge in [-0.3, -0.25) is 0 Å². The third-order valence-electron chi connectivity index (χ3n) is 2.90. The van der Waals surface area contributed by atoms with Gasteiger partial charge in [-0.1, -0.05) is 6.07 Å². The van der Waals surface area contributed by atoms with Crippen LogP contribution in [0.4, 0.5) is 0 Å². The lowest BCUT2D eigenvalue weighted by Gasteiger charge is -2.11. The van der Waals surface area contributed by atoms with Crippen molar-refractivity contribution in [1.82, 2.24) is 9.55 Å². The van der Waals surface area contributed by atoms with E-state index < -0.39 is 0 Å². The summed E-state index contributed by atoms with van der Waals surface area (Å²) in [7, 11) is 3.20. The van der Waals surface area contributed by atoms with Gasteiger partial charge in [-0.05, 0) is 29.9 Å². The average molecular weight is 280 g/mol. The number of imidazole rings is 1. The van der Waals surface area contributed by atoms with Gasteiger partial charge in [0.25, 0.3) is 0 Å². The summed E-state index contributed by atoms with van der Waals surface area (Å²) >= 11 is 5.19. The topological polar surface area (TPSA) is 59.4 Å². The van der Waals surface area contributed by atoms with Crippen LogP contribution < -0.4 is 9.47 Å². The number of aromatic nitrogens is 2. The summed E-state index contributed by atoms with van der Waals surface area (Å²) in [5.41, 5.74) is 1.77. The van der Waals surface area contributed by atoms with E-state index >= 15 is 0 Å². The van der Waals surface area contributed by atoms with Crippen LogP contribution in [0.25, 0.3) is 0 Å². The lowest BCUT2D eigenvalue weighted by atomic mass is 10.2. The first-order chi connectivity index (χ1) is 9.19. The molecule has 0 atom stereocenters. The molecule has 2 N–H and O–H groups in total. The molecule has 0 radical (unpaired) electrons. The summed E-state index contributed by atoms with van der Waals surface area (Å²) < 4.78 is 12.9. The fraction of sp³-hybridized carbons (Fsp3) is 0.308. The second-order valence-electron chi connectivity index (χ2n) is 4.02. The summed E-state index contributed by atoms with van der Waals surface area (Å²) in [5.74, 6) is 1.36. The Hall–Kier alpha value is -1.79. The molecule has 6 heteroatoms. The largest absolute Gasteiger partial charge is 0.493 e. The van der Waals surface area contributed by atoms with Crippen molar-refractivity contribution < 1.29 is 14.6 Å². The number of ether oxygens (including phenoxy) is 2. The van der Waals surface area contributed by atoms with E-state index in [1.54, 1.807) is 20.4 Å². The molecular formula is C13H16N2O3S. The van der Waals surface area contributed by atoms with Gasteiger partial charge in [-0.15, -0.1) is 0 Å². The maximum absolute atomic E-state index is 9.26. The zero-order valence-corrected chi connectivity index (χ0v) is 11.7. The number of hydrogen-bond acceptors (Lipinski definition) is 4. The maximum atomic E-state index is 9.26. The number of aromatic amines is 1. The van der Waals surface area contributed by atoms with E-state index in [1.165, 1.54) is 0 Å². The molecule has 102 valence electrons. The highest BCUT2D eigenvalue weighted by atomic mass is 32.1. The number of rotatable bonds is 5. The van der Waals surface area contributed by atoms with Crippen LogP contribution in [-0.4, -0.2) is 28.9 Å². The van der Waals surface area contributed by atoms with E-state index in [2.05, 4.69) is 4.98 Å². The number of methoxy groups -OCH3 is 2. The highest BCUT2D eigenvalue weighted by Gasteiger charge is 2.07.